The standard InChI is InChI=1S/C10H20N2O2/c1-8(10(11)14)12-5-2-3-9(7-12)4-6-13/h8-9,13H,2-7H2,1H3,(H2,11,14). The first-order valence-corrected chi connectivity index (χ1v) is 5.29. The number of primary amides is 1. The molecule has 1 saturated heterocycles. The number of rotatable bonds is 4. The quantitative estimate of drug-likeness (QED) is 0.669. The highest BCUT2D eigenvalue weighted by atomic mass is 16.3. The number of carbonyl (C=O) groups excluding carboxylic acids is 1. The maximum Gasteiger partial charge on any atom is 0.234 e. The van der Waals surface area contributed by atoms with E-state index in [1.165, 1.54) is 0 Å². The van der Waals surface area contributed by atoms with Gasteiger partial charge < -0.3 is 10.8 Å². The summed E-state index contributed by atoms with van der Waals surface area (Å²) >= 11 is 0. The van der Waals surface area contributed by atoms with Gasteiger partial charge in [0.25, 0.3) is 0 Å². The van der Waals surface area contributed by atoms with Crippen LogP contribution in [0.4, 0.5) is 0 Å². The zero-order chi connectivity index (χ0) is 10.6. The second kappa shape index (κ2) is 5.32. The summed E-state index contributed by atoms with van der Waals surface area (Å²) in [5.41, 5.74) is 5.26. The Morgan fingerprint density at radius 2 is 2.43 bits per heavy atom. The molecule has 0 aromatic rings. The van der Waals surface area contributed by atoms with Crippen molar-refractivity contribution in [2.75, 3.05) is 19.7 Å². The van der Waals surface area contributed by atoms with Gasteiger partial charge in [0.05, 0.1) is 6.04 Å². The molecule has 1 rings (SSSR count). The van der Waals surface area contributed by atoms with E-state index in [1.54, 1.807) is 0 Å². The van der Waals surface area contributed by atoms with Crippen LogP contribution in [0.25, 0.3) is 0 Å². The minimum Gasteiger partial charge on any atom is -0.396 e. The van der Waals surface area contributed by atoms with Gasteiger partial charge in [0.15, 0.2) is 0 Å². The molecule has 4 nitrogen and oxygen atoms in total. The first kappa shape index (κ1) is 11.5. The summed E-state index contributed by atoms with van der Waals surface area (Å²) in [5.74, 6) is 0.269. The molecule has 1 aliphatic rings. The van der Waals surface area contributed by atoms with E-state index in [0.29, 0.717) is 5.92 Å². The molecule has 1 aliphatic heterocycles. The molecule has 1 amide bonds. The third-order valence-electron chi connectivity index (χ3n) is 3.05. The zero-order valence-corrected chi connectivity index (χ0v) is 8.78. The van der Waals surface area contributed by atoms with Gasteiger partial charge in [0, 0.05) is 13.2 Å². The average molecular weight is 200 g/mol. The lowest BCUT2D eigenvalue weighted by molar-refractivity contribution is -0.123. The van der Waals surface area contributed by atoms with Crippen molar-refractivity contribution >= 4 is 5.91 Å². The van der Waals surface area contributed by atoms with Gasteiger partial charge in [0.1, 0.15) is 0 Å². The summed E-state index contributed by atoms with van der Waals surface area (Å²) in [6, 6.07) is -0.170. The number of hydrogen-bond donors (Lipinski definition) is 2. The molecule has 3 N–H and O–H groups in total. The number of aliphatic hydroxyl groups excluding tert-OH is 1. The largest absolute Gasteiger partial charge is 0.396 e. The average Bonchev–Trinajstić information content (AvgIpc) is 2.17. The fraction of sp³-hybridized carbons (Fsp3) is 0.900. The minimum atomic E-state index is -0.255. The van der Waals surface area contributed by atoms with Gasteiger partial charge in [-0.3, -0.25) is 9.69 Å². The monoisotopic (exact) mass is 200 g/mol. The van der Waals surface area contributed by atoms with Gasteiger partial charge >= 0.3 is 0 Å². The summed E-state index contributed by atoms with van der Waals surface area (Å²) in [7, 11) is 0. The van der Waals surface area contributed by atoms with Crippen LogP contribution in [0.5, 0.6) is 0 Å². The molecule has 1 fully saturated rings. The van der Waals surface area contributed by atoms with E-state index in [0.717, 1.165) is 32.4 Å². The molecule has 4 heteroatoms. The van der Waals surface area contributed by atoms with Crippen LogP contribution in [0.3, 0.4) is 0 Å². The number of aliphatic hydroxyl groups is 1. The number of amides is 1. The molecular weight excluding hydrogens is 180 g/mol. The summed E-state index contributed by atoms with van der Waals surface area (Å²) in [4.78, 5) is 13.1. The lowest BCUT2D eigenvalue weighted by Crippen LogP contribution is -2.47. The zero-order valence-electron chi connectivity index (χ0n) is 8.78. The molecule has 2 unspecified atom stereocenters. The van der Waals surface area contributed by atoms with Crippen molar-refractivity contribution < 1.29 is 9.90 Å². The Morgan fingerprint density at radius 1 is 1.71 bits per heavy atom. The lowest BCUT2D eigenvalue weighted by Gasteiger charge is -2.35. The first-order valence-electron chi connectivity index (χ1n) is 5.29. The van der Waals surface area contributed by atoms with Crippen molar-refractivity contribution in [2.24, 2.45) is 11.7 Å². The molecular formula is C10H20N2O2. The second-order valence-corrected chi connectivity index (χ2v) is 4.09. The van der Waals surface area contributed by atoms with Gasteiger partial charge in [-0.25, -0.2) is 0 Å². The SMILES string of the molecule is CC(C(N)=O)N1CCCC(CCO)C1. The molecule has 0 bridgehead atoms. The molecule has 0 aromatic heterocycles. The van der Waals surface area contributed by atoms with Crippen molar-refractivity contribution in [1.29, 1.82) is 0 Å². The van der Waals surface area contributed by atoms with Crippen LogP contribution in [0, 0.1) is 5.92 Å². The molecule has 1 heterocycles. The lowest BCUT2D eigenvalue weighted by atomic mass is 9.94. The van der Waals surface area contributed by atoms with E-state index in [4.69, 9.17) is 10.8 Å². The van der Waals surface area contributed by atoms with Crippen molar-refractivity contribution in [1.82, 2.24) is 4.90 Å². The third kappa shape index (κ3) is 2.96. The van der Waals surface area contributed by atoms with Gasteiger partial charge in [-0.2, -0.15) is 0 Å². The second-order valence-electron chi connectivity index (χ2n) is 4.09. The highest BCUT2D eigenvalue weighted by Crippen LogP contribution is 2.20. The van der Waals surface area contributed by atoms with Crippen molar-refractivity contribution in [2.45, 2.75) is 32.2 Å². The van der Waals surface area contributed by atoms with Crippen molar-refractivity contribution in [3.05, 3.63) is 0 Å². The van der Waals surface area contributed by atoms with Crippen LogP contribution in [0.15, 0.2) is 0 Å². The normalized spacial score (nSPS) is 26.0. The van der Waals surface area contributed by atoms with Gasteiger partial charge in [-0.1, -0.05) is 0 Å². The number of hydrogen-bond acceptors (Lipinski definition) is 3. The van der Waals surface area contributed by atoms with Crippen LogP contribution in [0.2, 0.25) is 0 Å². The predicted molar refractivity (Wildman–Crippen MR) is 54.7 cm³/mol. The Bertz CT molecular complexity index is 195. The van der Waals surface area contributed by atoms with Crippen LogP contribution in [-0.2, 0) is 4.79 Å². The Morgan fingerprint density at radius 3 is 3.00 bits per heavy atom. The number of piperidine rings is 1. The fourth-order valence-electron chi connectivity index (χ4n) is 2.05. The Balaban J connectivity index is 2.43. The molecule has 14 heavy (non-hydrogen) atoms. The summed E-state index contributed by atoms with van der Waals surface area (Å²) in [6.07, 6.45) is 3.09. The van der Waals surface area contributed by atoms with Crippen molar-refractivity contribution in [3.8, 4) is 0 Å². The first-order chi connectivity index (χ1) is 6.65. The van der Waals surface area contributed by atoms with E-state index in [2.05, 4.69) is 4.90 Å². The van der Waals surface area contributed by atoms with Gasteiger partial charge in [0.2, 0.25) is 5.91 Å². The van der Waals surface area contributed by atoms with Crippen LogP contribution < -0.4 is 5.73 Å². The van der Waals surface area contributed by atoms with Crippen LogP contribution in [0.1, 0.15) is 26.2 Å². The maximum absolute atomic E-state index is 11.0. The smallest absolute Gasteiger partial charge is 0.234 e. The van der Waals surface area contributed by atoms with Gasteiger partial charge in [-0.15, -0.1) is 0 Å². The van der Waals surface area contributed by atoms with Crippen LogP contribution >= 0.6 is 0 Å². The summed E-state index contributed by atoms with van der Waals surface area (Å²) in [6.45, 7) is 3.93. The minimum absolute atomic E-state index is 0.170. The van der Waals surface area contributed by atoms with Gasteiger partial charge in [-0.05, 0) is 38.6 Å². The Hall–Kier alpha value is -0.610. The van der Waals surface area contributed by atoms with Crippen molar-refractivity contribution in [3.63, 3.8) is 0 Å². The topological polar surface area (TPSA) is 66.6 Å². The highest BCUT2D eigenvalue weighted by molar-refractivity contribution is 5.79. The predicted octanol–water partition coefficient (Wildman–Crippen LogP) is -0.0454. The third-order valence-corrected chi connectivity index (χ3v) is 3.05. The van der Waals surface area contributed by atoms with Crippen LogP contribution in [-0.4, -0.2) is 41.7 Å². The Kier molecular flexibility index (Phi) is 4.35. The molecule has 0 saturated carbocycles. The molecule has 0 aliphatic carbocycles. The number of nitrogens with two attached hydrogens (primary N) is 1. The molecule has 82 valence electrons. The number of likely N-dealkylation sites (tertiary alicyclic amines) is 1. The fourth-order valence-corrected chi connectivity index (χ4v) is 2.05. The summed E-state index contributed by atoms with van der Waals surface area (Å²) in [5, 5.41) is 8.84. The summed E-state index contributed by atoms with van der Waals surface area (Å²) < 4.78 is 0. The number of nitrogens with zero attached hydrogens (tertiary/aromatic N) is 1. The van der Waals surface area contributed by atoms with E-state index >= 15 is 0 Å². The van der Waals surface area contributed by atoms with E-state index in [-0.39, 0.29) is 18.6 Å². The highest BCUT2D eigenvalue weighted by Gasteiger charge is 2.25. The number of carbonyl (C=O) groups is 1. The van der Waals surface area contributed by atoms with E-state index < -0.39 is 0 Å². The van der Waals surface area contributed by atoms with E-state index in [1.807, 2.05) is 6.92 Å². The molecule has 0 radical (unpaired) electrons. The molecule has 0 aromatic carbocycles. The Labute approximate surface area is 85.1 Å². The molecule has 0 spiro atoms. The van der Waals surface area contributed by atoms with E-state index in [9.17, 15) is 4.79 Å². The maximum atomic E-state index is 11.0. The molecule has 2 atom stereocenters.